The van der Waals surface area contributed by atoms with Crippen LogP contribution in [0.4, 0.5) is 0 Å². The molecular formula is C54H61NO8. The SMILES string of the molecule is CC[C@@H](OCc1ccccc1)[C@@H](OCc1ccccc1)[C@@H](N)CO[C@H]1OC(COCc2ccccc2)[C@H](OCc2ccccc2)[C@H](OCc2ccccc2)C1OCc1ccccc1. The van der Waals surface area contributed by atoms with E-state index in [1.54, 1.807) is 0 Å². The van der Waals surface area contributed by atoms with Crippen LogP contribution in [0.5, 0.6) is 0 Å². The fourth-order valence-corrected chi connectivity index (χ4v) is 7.68. The molecule has 0 amide bonds. The fourth-order valence-electron chi connectivity index (χ4n) is 7.68. The van der Waals surface area contributed by atoms with E-state index in [9.17, 15) is 0 Å². The summed E-state index contributed by atoms with van der Waals surface area (Å²) in [7, 11) is 0. The molecule has 7 rings (SSSR count). The number of nitrogens with two attached hydrogens (primary N) is 1. The minimum Gasteiger partial charge on any atom is -0.374 e. The summed E-state index contributed by atoms with van der Waals surface area (Å²) in [4.78, 5) is 0. The summed E-state index contributed by atoms with van der Waals surface area (Å²) in [6.45, 7) is 4.51. The van der Waals surface area contributed by atoms with Crippen LogP contribution in [-0.4, -0.2) is 62.2 Å². The first kappa shape index (κ1) is 46.0. The third-order valence-electron chi connectivity index (χ3n) is 11.1. The molecule has 0 aromatic heterocycles. The zero-order chi connectivity index (χ0) is 43.3. The molecular weight excluding hydrogens is 791 g/mol. The molecule has 0 spiro atoms. The second-order valence-corrected chi connectivity index (χ2v) is 15.8. The van der Waals surface area contributed by atoms with E-state index in [1.165, 1.54) is 0 Å². The van der Waals surface area contributed by atoms with Gasteiger partial charge in [-0.1, -0.05) is 189 Å². The minimum absolute atomic E-state index is 0.0824. The first-order chi connectivity index (χ1) is 31.1. The molecule has 330 valence electrons. The predicted octanol–water partition coefficient (Wildman–Crippen LogP) is 9.61. The molecule has 1 saturated heterocycles. The molecule has 63 heavy (non-hydrogen) atoms. The van der Waals surface area contributed by atoms with Crippen LogP contribution >= 0.6 is 0 Å². The van der Waals surface area contributed by atoms with Gasteiger partial charge in [0, 0.05) is 0 Å². The van der Waals surface area contributed by atoms with Gasteiger partial charge in [-0.15, -0.1) is 0 Å². The molecule has 8 atom stereocenters. The second-order valence-electron chi connectivity index (χ2n) is 15.8. The lowest BCUT2D eigenvalue weighted by Crippen LogP contribution is -2.62. The Bertz CT molecular complexity index is 2100. The van der Waals surface area contributed by atoms with Gasteiger partial charge in [-0.25, -0.2) is 0 Å². The van der Waals surface area contributed by atoms with Gasteiger partial charge in [-0.05, 0) is 39.8 Å². The monoisotopic (exact) mass is 851 g/mol. The molecule has 1 fully saturated rings. The van der Waals surface area contributed by atoms with Crippen molar-refractivity contribution in [1.29, 1.82) is 0 Å². The third kappa shape index (κ3) is 14.5. The maximum Gasteiger partial charge on any atom is 0.187 e. The molecule has 1 aliphatic heterocycles. The lowest BCUT2D eigenvalue weighted by atomic mass is 9.97. The van der Waals surface area contributed by atoms with E-state index in [2.05, 4.69) is 19.1 Å². The molecule has 2 N–H and O–H groups in total. The van der Waals surface area contributed by atoms with Crippen molar-refractivity contribution in [2.75, 3.05) is 13.2 Å². The smallest absolute Gasteiger partial charge is 0.187 e. The first-order valence-electron chi connectivity index (χ1n) is 22.0. The van der Waals surface area contributed by atoms with E-state index in [4.69, 9.17) is 43.6 Å². The van der Waals surface area contributed by atoms with Crippen molar-refractivity contribution in [3.8, 4) is 0 Å². The van der Waals surface area contributed by atoms with Gasteiger partial charge in [0.15, 0.2) is 6.29 Å². The maximum absolute atomic E-state index is 7.14. The van der Waals surface area contributed by atoms with Gasteiger partial charge in [0.1, 0.15) is 30.5 Å². The van der Waals surface area contributed by atoms with Gasteiger partial charge in [-0.2, -0.15) is 0 Å². The number of hydrogen-bond acceptors (Lipinski definition) is 9. The Labute approximate surface area is 373 Å². The van der Waals surface area contributed by atoms with Crippen LogP contribution in [0.2, 0.25) is 0 Å². The third-order valence-corrected chi connectivity index (χ3v) is 11.1. The van der Waals surface area contributed by atoms with E-state index in [0.717, 1.165) is 33.4 Å². The molecule has 0 radical (unpaired) electrons. The zero-order valence-electron chi connectivity index (χ0n) is 36.1. The highest BCUT2D eigenvalue weighted by atomic mass is 16.7. The van der Waals surface area contributed by atoms with Crippen molar-refractivity contribution in [3.05, 3.63) is 215 Å². The van der Waals surface area contributed by atoms with Gasteiger partial charge in [0.05, 0.1) is 65.0 Å². The first-order valence-corrected chi connectivity index (χ1v) is 22.0. The molecule has 9 heteroatoms. The number of ether oxygens (including phenoxy) is 8. The maximum atomic E-state index is 7.14. The van der Waals surface area contributed by atoms with Gasteiger partial charge in [0.2, 0.25) is 0 Å². The Morgan fingerprint density at radius 2 is 0.825 bits per heavy atom. The molecule has 6 aromatic carbocycles. The Morgan fingerprint density at radius 1 is 0.444 bits per heavy atom. The standard InChI is InChI=1S/C54H61NO8/c1-2-48(57-34-42-23-11-4-12-24-42)50(58-35-43-25-13-5-14-26-43)47(55)39-62-54-53(61-38-46-31-19-8-20-32-46)52(60-37-45-29-17-7-18-30-45)51(59-36-44-27-15-6-16-28-44)49(63-54)40-56-33-41-21-9-3-10-22-41/h3-32,47-54H,2,33-40,55H2,1H3/t47-,48+,49?,50-,51-,52-,53?,54-/m0/s1. The van der Waals surface area contributed by atoms with Crippen LogP contribution < -0.4 is 5.73 Å². The molecule has 6 aromatic rings. The summed E-state index contributed by atoms with van der Waals surface area (Å²) in [5.74, 6) is 0. The van der Waals surface area contributed by atoms with Crippen molar-refractivity contribution in [3.63, 3.8) is 0 Å². The average molecular weight is 852 g/mol. The highest BCUT2D eigenvalue weighted by Gasteiger charge is 2.49. The van der Waals surface area contributed by atoms with E-state index in [-0.39, 0.29) is 19.3 Å². The number of benzene rings is 6. The lowest BCUT2D eigenvalue weighted by Gasteiger charge is -2.46. The topological polar surface area (TPSA) is 99.9 Å². The average Bonchev–Trinajstić information content (AvgIpc) is 3.34. The summed E-state index contributed by atoms with van der Waals surface area (Å²) in [5.41, 5.74) is 13.3. The van der Waals surface area contributed by atoms with Crippen molar-refractivity contribution >= 4 is 0 Å². The normalized spacial score (nSPS) is 20.2. The lowest BCUT2D eigenvalue weighted by molar-refractivity contribution is -0.329. The summed E-state index contributed by atoms with van der Waals surface area (Å²) in [6.07, 6.45) is -3.63. The number of rotatable bonds is 25. The van der Waals surface area contributed by atoms with Crippen LogP contribution in [0.25, 0.3) is 0 Å². The Hall–Kier alpha value is -5.04. The molecule has 2 unspecified atom stereocenters. The quantitative estimate of drug-likeness (QED) is 0.0604. The van der Waals surface area contributed by atoms with E-state index in [0.29, 0.717) is 46.1 Å². The molecule has 9 nitrogen and oxygen atoms in total. The highest BCUT2D eigenvalue weighted by Crippen LogP contribution is 2.32. The summed E-state index contributed by atoms with van der Waals surface area (Å²) in [6, 6.07) is 60.0. The zero-order valence-corrected chi connectivity index (χ0v) is 36.1. The molecule has 1 heterocycles. The fraction of sp³-hybridized carbons (Fsp3) is 0.333. The van der Waals surface area contributed by atoms with E-state index >= 15 is 0 Å². The van der Waals surface area contributed by atoms with Crippen LogP contribution in [0.1, 0.15) is 46.7 Å². The molecule has 0 saturated carbocycles. The van der Waals surface area contributed by atoms with E-state index in [1.807, 2.05) is 170 Å². The van der Waals surface area contributed by atoms with E-state index < -0.39 is 42.9 Å². The van der Waals surface area contributed by atoms with Crippen molar-refractivity contribution < 1.29 is 37.9 Å². The molecule has 0 bridgehead atoms. The highest BCUT2D eigenvalue weighted by molar-refractivity contribution is 5.18. The summed E-state index contributed by atoms with van der Waals surface area (Å²) < 4.78 is 54.0. The van der Waals surface area contributed by atoms with Gasteiger partial charge in [0.25, 0.3) is 0 Å². The van der Waals surface area contributed by atoms with Crippen molar-refractivity contribution in [2.24, 2.45) is 5.73 Å². The van der Waals surface area contributed by atoms with Gasteiger partial charge < -0.3 is 43.6 Å². The minimum atomic E-state index is -0.914. The van der Waals surface area contributed by atoms with Crippen molar-refractivity contribution in [1.82, 2.24) is 0 Å². The Balaban J connectivity index is 1.17. The Kier molecular flexibility index (Phi) is 18.5. The van der Waals surface area contributed by atoms with Crippen LogP contribution in [0, 0.1) is 0 Å². The predicted molar refractivity (Wildman–Crippen MR) is 244 cm³/mol. The van der Waals surface area contributed by atoms with Crippen LogP contribution in [-0.2, 0) is 77.5 Å². The second kappa shape index (κ2) is 25.3. The van der Waals surface area contributed by atoms with Gasteiger partial charge in [-0.3, -0.25) is 0 Å². The largest absolute Gasteiger partial charge is 0.374 e. The van der Waals surface area contributed by atoms with Crippen LogP contribution in [0.3, 0.4) is 0 Å². The van der Waals surface area contributed by atoms with Gasteiger partial charge >= 0.3 is 0 Å². The summed E-state index contributed by atoms with van der Waals surface area (Å²) >= 11 is 0. The molecule has 1 aliphatic rings. The van der Waals surface area contributed by atoms with Crippen molar-refractivity contribution in [2.45, 2.75) is 102 Å². The number of hydrogen-bond donors (Lipinski definition) is 1. The van der Waals surface area contributed by atoms with Crippen LogP contribution in [0.15, 0.2) is 182 Å². The Morgan fingerprint density at radius 3 is 1.27 bits per heavy atom. The molecule has 0 aliphatic carbocycles. The summed E-state index contributed by atoms with van der Waals surface area (Å²) in [5, 5.41) is 0.